The Labute approximate surface area is 140 Å². The topological polar surface area (TPSA) is 38.8 Å². The van der Waals surface area contributed by atoms with E-state index in [0.717, 1.165) is 11.1 Å². The number of hydrogen-bond acceptors (Lipinski definition) is 3. The Morgan fingerprint density at radius 2 is 1.67 bits per heavy atom. The zero-order valence-corrected chi connectivity index (χ0v) is 13.5. The number of hydrogen-bond donors (Lipinski definition) is 0. The van der Waals surface area contributed by atoms with E-state index in [9.17, 15) is 9.18 Å². The van der Waals surface area contributed by atoms with E-state index in [1.54, 1.807) is 17.0 Å². The van der Waals surface area contributed by atoms with E-state index >= 15 is 0 Å². The molecule has 1 heterocycles. The molecule has 0 spiro atoms. The van der Waals surface area contributed by atoms with Crippen molar-refractivity contribution in [1.29, 1.82) is 0 Å². The average molecular weight is 329 g/mol. The van der Waals surface area contributed by atoms with Gasteiger partial charge in [-0.05, 0) is 23.3 Å². The normalized spacial score (nSPS) is 20.8. The van der Waals surface area contributed by atoms with Crippen LogP contribution in [0.1, 0.15) is 23.3 Å². The highest BCUT2D eigenvalue weighted by molar-refractivity contribution is 5.77. The van der Waals surface area contributed by atoms with E-state index in [4.69, 9.17) is 9.47 Å². The van der Waals surface area contributed by atoms with Gasteiger partial charge in [0.15, 0.2) is 0 Å². The van der Waals surface area contributed by atoms with Gasteiger partial charge in [0.2, 0.25) is 5.91 Å². The molecule has 1 aliphatic rings. The molecule has 4 nitrogen and oxygen atoms in total. The average Bonchev–Trinajstić information content (AvgIpc) is 2.63. The summed E-state index contributed by atoms with van der Waals surface area (Å²) in [5.41, 5.74) is 1.87. The van der Waals surface area contributed by atoms with Crippen LogP contribution in [0, 0.1) is 5.82 Å². The molecule has 1 aliphatic heterocycles. The molecule has 5 heteroatoms. The molecule has 2 aromatic rings. The van der Waals surface area contributed by atoms with Crippen LogP contribution in [0.25, 0.3) is 0 Å². The molecule has 0 bridgehead atoms. The van der Waals surface area contributed by atoms with Crippen LogP contribution in [0.5, 0.6) is 0 Å². The summed E-state index contributed by atoms with van der Waals surface area (Å²) in [6, 6.07) is 16.0. The summed E-state index contributed by atoms with van der Waals surface area (Å²) in [6.07, 6.45) is -0.527. The quantitative estimate of drug-likeness (QED) is 0.865. The summed E-state index contributed by atoms with van der Waals surface area (Å²) < 4.78 is 24.4. The first-order valence-electron chi connectivity index (χ1n) is 7.90. The van der Waals surface area contributed by atoms with Crippen molar-refractivity contribution in [3.63, 3.8) is 0 Å². The fraction of sp³-hybridized carbons (Fsp3) is 0.316. The lowest BCUT2D eigenvalue weighted by molar-refractivity contribution is -0.150. The van der Waals surface area contributed by atoms with Crippen molar-refractivity contribution in [1.82, 2.24) is 4.90 Å². The maximum Gasteiger partial charge on any atom is 0.248 e. The van der Waals surface area contributed by atoms with E-state index < -0.39 is 0 Å². The molecular weight excluding hydrogens is 309 g/mol. The van der Waals surface area contributed by atoms with Crippen LogP contribution in [-0.4, -0.2) is 37.6 Å². The molecule has 24 heavy (non-hydrogen) atoms. The smallest absolute Gasteiger partial charge is 0.248 e. The number of amides is 1. The first kappa shape index (κ1) is 16.6. The van der Waals surface area contributed by atoms with Gasteiger partial charge in [0.1, 0.15) is 24.6 Å². The second-order valence-electron chi connectivity index (χ2n) is 5.81. The molecule has 1 amide bonds. The Morgan fingerprint density at radius 3 is 2.25 bits per heavy atom. The maximum absolute atomic E-state index is 13.2. The summed E-state index contributed by atoms with van der Waals surface area (Å²) in [7, 11) is 1.50. The van der Waals surface area contributed by atoms with Gasteiger partial charge in [0, 0.05) is 7.11 Å². The van der Waals surface area contributed by atoms with Gasteiger partial charge in [-0.25, -0.2) is 4.39 Å². The lowest BCUT2D eigenvalue weighted by Gasteiger charge is -2.38. The Morgan fingerprint density at radius 1 is 1.08 bits per heavy atom. The number of ether oxygens (including phenoxy) is 2. The number of benzene rings is 2. The Hall–Kier alpha value is -2.24. The van der Waals surface area contributed by atoms with E-state index in [2.05, 4.69) is 0 Å². The Bertz CT molecular complexity index is 675. The summed E-state index contributed by atoms with van der Waals surface area (Å²) in [4.78, 5) is 14.0. The molecule has 1 fully saturated rings. The monoisotopic (exact) mass is 329 g/mol. The van der Waals surface area contributed by atoms with Crippen molar-refractivity contribution in [2.75, 3.05) is 26.8 Å². The van der Waals surface area contributed by atoms with Crippen LogP contribution in [-0.2, 0) is 14.3 Å². The van der Waals surface area contributed by atoms with Gasteiger partial charge < -0.3 is 14.4 Å². The zero-order valence-electron chi connectivity index (χ0n) is 13.5. The van der Waals surface area contributed by atoms with Crippen LogP contribution in [0.15, 0.2) is 54.6 Å². The number of carbonyl (C=O) groups excluding carboxylic acids is 1. The highest BCUT2D eigenvalue weighted by Gasteiger charge is 2.32. The zero-order chi connectivity index (χ0) is 16.9. The lowest BCUT2D eigenvalue weighted by Crippen LogP contribution is -2.45. The standard InChI is InChI=1S/C19H20FNO3/c1-23-13-19(22)21-11-17(14-5-3-2-4-6-14)24-18(12-21)15-7-9-16(20)10-8-15/h2-10,17-18H,11-13H2,1H3/t17-,18+/m1/s1. The van der Waals surface area contributed by atoms with Crippen molar-refractivity contribution in [3.05, 3.63) is 71.5 Å². The minimum absolute atomic E-state index is 0.0393. The van der Waals surface area contributed by atoms with Crippen LogP contribution in [0.2, 0.25) is 0 Å². The van der Waals surface area contributed by atoms with Gasteiger partial charge in [0.25, 0.3) is 0 Å². The number of halogens is 1. The van der Waals surface area contributed by atoms with Crippen LogP contribution in [0.3, 0.4) is 0 Å². The molecule has 126 valence electrons. The highest BCUT2D eigenvalue weighted by Crippen LogP contribution is 2.33. The molecule has 0 saturated carbocycles. The number of methoxy groups -OCH3 is 1. The number of nitrogens with zero attached hydrogens (tertiary/aromatic N) is 1. The van der Waals surface area contributed by atoms with Crippen LogP contribution in [0.4, 0.5) is 4.39 Å². The van der Waals surface area contributed by atoms with E-state index in [-0.39, 0.29) is 30.5 Å². The molecular formula is C19H20FNO3. The minimum atomic E-state index is -0.301. The lowest BCUT2D eigenvalue weighted by atomic mass is 10.0. The fourth-order valence-corrected chi connectivity index (χ4v) is 2.89. The van der Waals surface area contributed by atoms with Gasteiger partial charge in [0.05, 0.1) is 13.1 Å². The van der Waals surface area contributed by atoms with Crippen molar-refractivity contribution < 1.29 is 18.7 Å². The van der Waals surface area contributed by atoms with Crippen molar-refractivity contribution >= 4 is 5.91 Å². The molecule has 3 rings (SSSR count). The fourth-order valence-electron chi connectivity index (χ4n) is 2.89. The molecule has 0 radical (unpaired) electrons. The van der Waals surface area contributed by atoms with Crippen molar-refractivity contribution in [2.45, 2.75) is 12.2 Å². The molecule has 0 N–H and O–H groups in total. The second kappa shape index (κ2) is 7.55. The summed E-state index contributed by atoms with van der Waals surface area (Å²) in [5.74, 6) is -0.365. The molecule has 0 unspecified atom stereocenters. The predicted molar refractivity (Wildman–Crippen MR) is 87.9 cm³/mol. The molecule has 2 atom stereocenters. The summed E-state index contributed by atoms with van der Waals surface area (Å²) in [6.45, 7) is 0.943. The first-order valence-corrected chi connectivity index (χ1v) is 7.90. The highest BCUT2D eigenvalue weighted by atomic mass is 19.1. The molecule has 1 saturated heterocycles. The van der Waals surface area contributed by atoms with E-state index in [1.807, 2.05) is 30.3 Å². The first-order chi connectivity index (χ1) is 11.7. The van der Waals surface area contributed by atoms with Gasteiger partial charge in [-0.2, -0.15) is 0 Å². The Balaban J connectivity index is 1.85. The second-order valence-corrected chi connectivity index (χ2v) is 5.81. The van der Waals surface area contributed by atoms with Gasteiger partial charge in [-0.3, -0.25) is 4.79 Å². The largest absolute Gasteiger partial charge is 0.375 e. The summed E-state index contributed by atoms with van der Waals surface area (Å²) in [5, 5.41) is 0. The van der Waals surface area contributed by atoms with Gasteiger partial charge in [-0.1, -0.05) is 42.5 Å². The number of morpholine rings is 1. The molecule has 0 aromatic heterocycles. The van der Waals surface area contributed by atoms with Crippen molar-refractivity contribution in [3.8, 4) is 0 Å². The summed E-state index contributed by atoms with van der Waals surface area (Å²) >= 11 is 0. The van der Waals surface area contributed by atoms with Crippen LogP contribution < -0.4 is 0 Å². The Kier molecular flexibility index (Phi) is 5.23. The molecule has 2 aromatic carbocycles. The van der Waals surface area contributed by atoms with Gasteiger partial charge in [-0.15, -0.1) is 0 Å². The van der Waals surface area contributed by atoms with E-state index in [0.29, 0.717) is 13.1 Å². The SMILES string of the molecule is COCC(=O)N1C[C@@H](c2ccc(F)cc2)O[C@@H](c2ccccc2)C1. The van der Waals surface area contributed by atoms with E-state index in [1.165, 1.54) is 19.2 Å². The predicted octanol–water partition coefficient (Wildman–Crippen LogP) is 3.11. The van der Waals surface area contributed by atoms with Gasteiger partial charge >= 0.3 is 0 Å². The van der Waals surface area contributed by atoms with Crippen molar-refractivity contribution in [2.24, 2.45) is 0 Å². The number of carbonyl (C=O) groups is 1. The third-order valence-corrected chi connectivity index (χ3v) is 4.13. The molecule has 0 aliphatic carbocycles. The maximum atomic E-state index is 13.2. The third-order valence-electron chi connectivity index (χ3n) is 4.13. The number of rotatable bonds is 4. The van der Waals surface area contributed by atoms with Crippen LogP contribution >= 0.6 is 0 Å². The minimum Gasteiger partial charge on any atom is -0.375 e. The third kappa shape index (κ3) is 3.80.